The summed E-state index contributed by atoms with van der Waals surface area (Å²) in [6.07, 6.45) is 6.17. The molecule has 2 nitrogen and oxygen atoms in total. The maximum Gasteiger partial charge on any atom is 0.0567 e. The van der Waals surface area contributed by atoms with Crippen LogP contribution in [0.2, 0.25) is 0 Å². The van der Waals surface area contributed by atoms with Crippen LogP contribution in [0, 0.1) is 0 Å². The molecule has 0 amide bonds. The summed E-state index contributed by atoms with van der Waals surface area (Å²) in [5, 5.41) is 0. The summed E-state index contributed by atoms with van der Waals surface area (Å²) in [4.78, 5) is 6.51. The monoisotopic (exact) mass is 202 g/mol. The van der Waals surface area contributed by atoms with E-state index in [1.165, 1.54) is 11.4 Å². The van der Waals surface area contributed by atoms with E-state index in [0.29, 0.717) is 5.92 Å². The van der Waals surface area contributed by atoms with E-state index in [9.17, 15) is 0 Å². The zero-order chi connectivity index (χ0) is 9.80. The van der Waals surface area contributed by atoms with E-state index in [2.05, 4.69) is 33.9 Å². The van der Waals surface area contributed by atoms with Crippen LogP contribution in [-0.2, 0) is 0 Å². The maximum absolute atomic E-state index is 3.25. The summed E-state index contributed by atoms with van der Waals surface area (Å²) >= 11 is 0. The zero-order valence-corrected chi connectivity index (χ0v) is 10.2. The Morgan fingerprint density at radius 3 is 2.00 bits per heavy atom. The van der Waals surface area contributed by atoms with E-state index in [1.54, 1.807) is 0 Å². The smallest absolute Gasteiger partial charge is 0.0567 e. The van der Waals surface area contributed by atoms with Gasteiger partial charge >= 0.3 is 0 Å². The Morgan fingerprint density at radius 1 is 1.07 bits per heavy atom. The van der Waals surface area contributed by atoms with Crippen molar-refractivity contribution in [3.63, 3.8) is 0 Å². The van der Waals surface area contributed by atoms with Gasteiger partial charge in [-0.2, -0.15) is 0 Å². The first-order valence-corrected chi connectivity index (χ1v) is 5.96. The number of hydrogen-bond acceptors (Lipinski definition) is 0. The van der Waals surface area contributed by atoms with Crippen LogP contribution in [0.5, 0.6) is 0 Å². The minimum atomic E-state index is 0.345. The number of H-pyrrole nitrogens is 2. The molecule has 0 aliphatic rings. The zero-order valence-electron chi connectivity index (χ0n) is 8.20. The predicted octanol–water partition coefficient (Wildman–Crippen LogP) is 1.35. The minimum Gasteiger partial charge on any atom is -0.364 e. The van der Waals surface area contributed by atoms with Crippen LogP contribution < -0.4 is 0 Å². The lowest BCUT2D eigenvalue weighted by atomic mass is 10.0. The SMILES string of the molecule is [SiH3]C=CC(c1ccc[nH]1)c1ccc[nH]1. The van der Waals surface area contributed by atoms with Crippen LogP contribution in [0.15, 0.2) is 48.4 Å². The van der Waals surface area contributed by atoms with E-state index < -0.39 is 0 Å². The van der Waals surface area contributed by atoms with Crippen LogP contribution in [0.4, 0.5) is 0 Å². The van der Waals surface area contributed by atoms with Gasteiger partial charge in [-0.25, -0.2) is 0 Å². The summed E-state index contributed by atoms with van der Waals surface area (Å²) < 4.78 is 0. The fourth-order valence-electron chi connectivity index (χ4n) is 1.64. The number of hydrogen-bond donors (Lipinski definition) is 2. The van der Waals surface area contributed by atoms with Gasteiger partial charge < -0.3 is 9.97 Å². The molecule has 0 aliphatic heterocycles. The van der Waals surface area contributed by atoms with Crippen molar-refractivity contribution in [3.8, 4) is 0 Å². The molecular formula is C11H14N2Si. The van der Waals surface area contributed by atoms with Crippen LogP contribution in [0.25, 0.3) is 0 Å². The molecule has 0 spiro atoms. The van der Waals surface area contributed by atoms with E-state index in [4.69, 9.17) is 0 Å². The molecule has 0 unspecified atom stereocenters. The molecule has 0 fully saturated rings. The Balaban J connectivity index is 2.34. The first-order chi connectivity index (χ1) is 6.92. The molecule has 0 aliphatic carbocycles. The van der Waals surface area contributed by atoms with Crippen molar-refractivity contribution in [1.82, 2.24) is 9.97 Å². The van der Waals surface area contributed by atoms with Gasteiger partial charge in [-0.05, 0) is 24.3 Å². The molecule has 0 saturated heterocycles. The molecule has 0 radical (unpaired) electrons. The van der Waals surface area contributed by atoms with Crippen molar-refractivity contribution >= 4 is 10.2 Å². The number of aromatic amines is 2. The summed E-state index contributed by atoms with van der Waals surface area (Å²) in [5.41, 5.74) is 4.69. The maximum atomic E-state index is 3.25. The van der Waals surface area contributed by atoms with E-state index in [0.717, 1.165) is 10.2 Å². The third-order valence-corrected chi connectivity index (χ3v) is 2.68. The lowest BCUT2D eigenvalue weighted by molar-refractivity contribution is 0.933. The summed E-state index contributed by atoms with van der Waals surface area (Å²) in [7, 11) is 1.10. The molecule has 0 atom stereocenters. The molecule has 2 heterocycles. The Kier molecular flexibility index (Phi) is 2.69. The molecule has 2 aromatic heterocycles. The second-order valence-corrected chi connectivity index (χ2v) is 3.92. The highest BCUT2D eigenvalue weighted by atomic mass is 28.1. The number of allylic oxidation sites excluding steroid dienone is 1. The van der Waals surface area contributed by atoms with Gasteiger partial charge in [0.05, 0.1) is 5.92 Å². The van der Waals surface area contributed by atoms with Gasteiger partial charge in [-0.15, -0.1) is 5.70 Å². The van der Waals surface area contributed by atoms with Crippen LogP contribution >= 0.6 is 0 Å². The molecular weight excluding hydrogens is 188 g/mol. The molecule has 2 aromatic rings. The van der Waals surface area contributed by atoms with Crippen molar-refractivity contribution in [2.24, 2.45) is 0 Å². The van der Waals surface area contributed by atoms with Crippen molar-refractivity contribution in [1.29, 1.82) is 0 Å². The Bertz CT molecular complexity index is 353. The lowest BCUT2D eigenvalue weighted by Gasteiger charge is -2.08. The van der Waals surface area contributed by atoms with Crippen molar-refractivity contribution in [3.05, 3.63) is 59.8 Å². The minimum absolute atomic E-state index is 0.345. The summed E-state index contributed by atoms with van der Waals surface area (Å²) in [5.74, 6) is 0.345. The van der Waals surface area contributed by atoms with Gasteiger partial charge in [0, 0.05) is 34.0 Å². The second kappa shape index (κ2) is 4.15. The topological polar surface area (TPSA) is 31.6 Å². The molecule has 0 aromatic carbocycles. The lowest BCUT2D eigenvalue weighted by Crippen LogP contribution is -1.98. The number of aromatic nitrogens is 2. The van der Waals surface area contributed by atoms with Gasteiger partial charge in [0.1, 0.15) is 0 Å². The fourth-order valence-corrected chi connectivity index (χ4v) is 2.03. The molecule has 3 heteroatoms. The largest absolute Gasteiger partial charge is 0.364 e. The van der Waals surface area contributed by atoms with Crippen molar-refractivity contribution < 1.29 is 0 Å². The van der Waals surface area contributed by atoms with Crippen LogP contribution in [0.3, 0.4) is 0 Å². The molecule has 0 bridgehead atoms. The standard InChI is InChI=1S/C11H14N2Si/c14-8-5-9(10-3-1-6-12-10)11-4-2-7-13-11/h1-9,12-13H,14H3. The molecule has 2 rings (SSSR count). The number of nitrogens with one attached hydrogen (secondary N) is 2. The van der Waals surface area contributed by atoms with Gasteiger partial charge in [0.15, 0.2) is 0 Å². The summed E-state index contributed by atoms with van der Waals surface area (Å²) in [6.45, 7) is 0. The highest BCUT2D eigenvalue weighted by Gasteiger charge is 2.11. The van der Waals surface area contributed by atoms with Gasteiger partial charge in [-0.1, -0.05) is 6.08 Å². The van der Waals surface area contributed by atoms with Crippen molar-refractivity contribution in [2.75, 3.05) is 0 Å². The molecule has 0 saturated carbocycles. The Labute approximate surface area is 86.5 Å². The van der Waals surface area contributed by atoms with Gasteiger partial charge in [0.2, 0.25) is 0 Å². The second-order valence-electron chi connectivity index (χ2n) is 3.25. The average molecular weight is 202 g/mol. The van der Waals surface area contributed by atoms with E-state index in [1.807, 2.05) is 24.5 Å². The van der Waals surface area contributed by atoms with E-state index >= 15 is 0 Å². The van der Waals surface area contributed by atoms with E-state index in [-0.39, 0.29) is 0 Å². The van der Waals surface area contributed by atoms with Crippen LogP contribution in [0.1, 0.15) is 17.3 Å². The molecule has 72 valence electrons. The normalized spacial score (nSPS) is 11.8. The summed E-state index contributed by atoms with van der Waals surface area (Å²) in [6, 6.07) is 8.30. The highest BCUT2D eigenvalue weighted by Crippen LogP contribution is 2.22. The predicted molar refractivity (Wildman–Crippen MR) is 62.5 cm³/mol. The average Bonchev–Trinajstić information content (AvgIpc) is 2.87. The Morgan fingerprint density at radius 2 is 1.64 bits per heavy atom. The quantitative estimate of drug-likeness (QED) is 0.704. The van der Waals surface area contributed by atoms with Crippen molar-refractivity contribution in [2.45, 2.75) is 5.92 Å². The van der Waals surface area contributed by atoms with Gasteiger partial charge in [0.25, 0.3) is 0 Å². The van der Waals surface area contributed by atoms with Crippen LogP contribution in [-0.4, -0.2) is 20.2 Å². The molecule has 14 heavy (non-hydrogen) atoms. The third-order valence-electron chi connectivity index (χ3n) is 2.30. The number of rotatable bonds is 3. The fraction of sp³-hybridized carbons (Fsp3) is 0.0909. The first-order valence-electron chi connectivity index (χ1n) is 4.81. The highest BCUT2D eigenvalue weighted by molar-refractivity contribution is 6.17. The first kappa shape index (κ1) is 9.09. The van der Waals surface area contributed by atoms with Gasteiger partial charge in [-0.3, -0.25) is 0 Å². The Hall–Kier alpha value is -1.48. The third kappa shape index (κ3) is 1.72. The molecule has 2 N–H and O–H groups in total.